The van der Waals surface area contributed by atoms with Crippen LogP contribution in [0.3, 0.4) is 0 Å². The quantitative estimate of drug-likeness (QED) is 0.750. The summed E-state index contributed by atoms with van der Waals surface area (Å²) >= 11 is 5.37. The number of imidazole rings is 1. The maximum Gasteiger partial charge on any atom is 0.177 e. The van der Waals surface area contributed by atoms with Gasteiger partial charge in [0.05, 0.1) is 5.69 Å². The van der Waals surface area contributed by atoms with E-state index in [-0.39, 0.29) is 0 Å². The van der Waals surface area contributed by atoms with Gasteiger partial charge in [-0.25, -0.2) is 0 Å². The predicted octanol–water partition coefficient (Wildman–Crippen LogP) is 2.58. The highest BCUT2D eigenvalue weighted by atomic mass is 32.1. The Bertz CT molecular complexity index is 753. The molecule has 3 rings (SSSR count). The molecule has 2 aromatic heterocycles. The molecular formula is C14H15N5S. The van der Waals surface area contributed by atoms with Gasteiger partial charge in [-0.3, -0.25) is 0 Å². The van der Waals surface area contributed by atoms with Crippen LogP contribution in [0.5, 0.6) is 0 Å². The van der Waals surface area contributed by atoms with E-state index in [2.05, 4.69) is 31.9 Å². The summed E-state index contributed by atoms with van der Waals surface area (Å²) in [5, 5.41) is 8.00. The highest BCUT2D eigenvalue weighted by Crippen LogP contribution is 2.19. The van der Waals surface area contributed by atoms with E-state index in [1.807, 2.05) is 36.0 Å². The van der Waals surface area contributed by atoms with Gasteiger partial charge in [-0.15, -0.1) is 10.2 Å². The average Bonchev–Trinajstić information content (AvgIpc) is 3.04. The zero-order chi connectivity index (χ0) is 13.9. The minimum Gasteiger partial charge on any atom is -0.337 e. The second-order valence-corrected chi connectivity index (χ2v) is 4.99. The van der Waals surface area contributed by atoms with Gasteiger partial charge < -0.3 is 14.1 Å². The lowest BCUT2D eigenvalue weighted by atomic mass is 10.2. The number of benzene rings is 1. The maximum absolute atomic E-state index is 5.37. The van der Waals surface area contributed by atoms with Crippen molar-refractivity contribution >= 4 is 12.2 Å². The molecule has 0 spiro atoms. The molecule has 0 aliphatic carbocycles. The molecule has 0 amide bonds. The summed E-state index contributed by atoms with van der Waals surface area (Å²) in [5.74, 6) is 0.951. The lowest BCUT2D eigenvalue weighted by molar-refractivity contribution is 0.647. The fourth-order valence-electron chi connectivity index (χ4n) is 2.21. The molecule has 0 unspecified atom stereocenters. The first-order valence-corrected chi connectivity index (χ1v) is 6.83. The molecule has 0 bridgehead atoms. The summed E-state index contributed by atoms with van der Waals surface area (Å²) in [4.78, 5) is 3.12. The van der Waals surface area contributed by atoms with Crippen molar-refractivity contribution in [1.82, 2.24) is 24.3 Å². The Morgan fingerprint density at radius 2 is 2.05 bits per heavy atom. The number of hydrogen-bond donors (Lipinski definition) is 1. The Balaban J connectivity index is 1.89. The smallest absolute Gasteiger partial charge is 0.177 e. The van der Waals surface area contributed by atoms with Crippen LogP contribution in [-0.2, 0) is 20.0 Å². The fraction of sp³-hybridized carbons (Fsp3) is 0.214. The Labute approximate surface area is 121 Å². The highest BCUT2D eigenvalue weighted by Gasteiger charge is 2.08. The monoisotopic (exact) mass is 285 g/mol. The Hall–Kier alpha value is -2.21. The molecule has 0 aliphatic rings. The van der Waals surface area contributed by atoms with Crippen molar-refractivity contribution in [2.24, 2.45) is 7.05 Å². The molecule has 0 radical (unpaired) electrons. The van der Waals surface area contributed by atoms with Crippen molar-refractivity contribution in [1.29, 1.82) is 0 Å². The Kier molecular flexibility index (Phi) is 3.47. The zero-order valence-corrected chi connectivity index (χ0v) is 12.0. The molecule has 0 fully saturated rings. The molecule has 102 valence electrons. The molecule has 0 aliphatic heterocycles. The minimum atomic E-state index is 0.728. The van der Waals surface area contributed by atoms with Gasteiger partial charge in [-0.2, -0.15) is 0 Å². The SMILES string of the molecule is Cn1cnnc1CCn1c(-c2ccccc2)c[nH]c1=S. The Morgan fingerprint density at radius 1 is 1.25 bits per heavy atom. The van der Waals surface area contributed by atoms with E-state index in [0.29, 0.717) is 0 Å². The van der Waals surface area contributed by atoms with Gasteiger partial charge in [0.1, 0.15) is 12.2 Å². The van der Waals surface area contributed by atoms with Gasteiger partial charge in [0.15, 0.2) is 4.77 Å². The summed E-state index contributed by atoms with van der Waals surface area (Å²) < 4.78 is 4.75. The van der Waals surface area contributed by atoms with E-state index in [1.54, 1.807) is 6.33 Å². The lowest BCUT2D eigenvalue weighted by Gasteiger charge is -2.08. The van der Waals surface area contributed by atoms with Crippen LogP contribution in [0.15, 0.2) is 42.9 Å². The first kappa shape index (κ1) is 12.8. The van der Waals surface area contributed by atoms with Gasteiger partial charge in [0.2, 0.25) is 0 Å². The van der Waals surface area contributed by atoms with E-state index in [4.69, 9.17) is 12.2 Å². The molecule has 1 aromatic carbocycles. The lowest BCUT2D eigenvalue weighted by Crippen LogP contribution is -2.07. The first-order valence-electron chi connectivity index (χ1n) is 6.42. The molecule has 1 N–H and O–H groups in total. The normalized spacial score (nSPS) is 10.8. The summed E-state index contributed by atoms with van der Waals surface area (Å²) in [6.45, 7) is 0.777. The number of rotatable bonds is 4. The maximum atomic E-state index is 5.37. The van der Waals surface area contributed by atoms with E-state index in [0.717, 1.165) is 34.8 Å². The van der Waals surface area contributed by atoms with Crippen molar-refractivity contribution in [2.45, 2.75) is 13.0 Å². The molecule has 5 nitrogen and oxygen atoms in total. The molecular weight excluding hydrogens is 270 g/mol. The van der Waals surface area contributed by atoms with Gasteiger partial charge >= 0.3 is 0 Å². The molecule has 6 heteroatoms. The standard InChI is InChI=1S/C14H15N5S/c1-18-10-16-17-13(18)7-8-19-12(9-15-14(19)20)11-5-3-2-4-6-11/h2-6,9-10H,7-8H2,1H3,(H,15,20). The molecule has 20 heavy (non-hydrogen) atoms. The minimum absolute atomic E-state index is 0.728. The molecule has 2 heterocycles. The third kappa shape index (κ3) is 2.42. The molecule has 0 saturated heterocycles. The molecule has 3 aromatic rings. The van der Waals surface area contributed by atoms with E-state index < -0.39 is 0 Å². The Morgan fingerprint density at radius 3 is 2.75 bits per heavy atom. The highest BCUT2D eigenvalue weighted by molar-refractivity contribution is 7.71. The van der Waals surface area contributed by atoms with Crippen LogP contribution in [0.1, 0.15) is 5.82 Å². The van der Waals surface area contributed by atoms with Crippen LogP contribution < -0.4 is 0 Å². The van der Waals surface area contributed by atoms with E-state index >= 15 is 0 Å². The van der Waals surface area contributed by atoms with Gasteiger partial charge in [-0.1, -0.05) is 30.3 Å². The second kappa shape index (κ2) is 5.42. The predicted molar refractivity (Wildman–Crippen MR) is 79.8 cm³/mol. The van der Waals surface area contributed by atoms with Crippen molar-refractivity contribution in [3.63, 3.8) is 0 Å². The van der Waals surface area contributed by atoms with Crippen LogP contribution in [0.25, 0.3) is 11.3 Å². The number of nitrogens with one attached hydrogen (secondary N) is 1. The van der Waals surface area contributed by atoms with Gasteiger partial charge in [0.25, 0.3) is 0 Å². The third-order valence-electron chi connectivity index (χ3n) is 3.30. The second-order valence-electron chi connectivity index (χ2n) is 4.60. The number of nitrogens with zero attached hydrogens (tertiary/aromatic N) is 4. The summed E-state index contributed by atoms with van der Waals surface area (Å²) in [7, 11) is 1.95. The topological polar surface area (TPSA) is 51.4 Å². The average molecular weight is 285 g/mol. The van der Waals surface area contributed by atoms with Crippen LogP contribution >= 0.6 is 12.2 Å². The van der Waals surface area contributed by atoms with Crippen molar-refractivity contribution < 1.29 is 0 Å². The van der Waals surface area contributed by atoms with Crippen molar-refractivity contribution in [3.05, 3.63) is 53.5 Å². The van der Waals surface area contributed by atoms with Crippen LogP contribution in [-0.4, -0.2) is 24.3 Å². The number of hydrogen-bond acceptors (Lipinski definition) is 3. The number of H-pyrrole nitrogens is 1. The number of aryl methyl sites for hydroxylation is 2. The van der Waals surface area contributed by atoms with Crippen LogP contribution in [0.2, 0.25) is 0 Å². The van der Waals surface area contributed by atoms with Crippen molar-refractivity contribution in [2.75, 3.05) is 0 Å². The fourth-order valence-corrected chi connectivity index (χ4v) is 2.46. The van der Waals surface area contributed by atoms with Crippen molar-refractivity contribution in [3.8, 4) is 11.3 Å². The summed E-state index contributed by atoms with van der Waals surface area (Å²) in [6, 6.07) is 10.2. The summed E-state index contributed by atoms with van der Waals surface area (Å²) in [6.07, 6.45) is 4.46. The van der Waals surface area contributed by atoms with E-state index in [9.17, 15) is 0 Å². The molecule has 0 saturated carbocycles. The van der Waals surface area contributed by atoms with E-state index in [1.165, 1.54) is 0 Å². The molecule has 0 atom stereocenters. The summed E-state index contributed by atoms with van der Waals surface area (Å²) in [5.41, 5.74) is 2.25. The van der Waals surface area contributed by atoms with Gasteiger partial charge in [-0.05, 0) is 17.8 Å². The number of aromatic nitrogens is 5. The first-order chi connectivity index (χ1) is 9.75. The number of aromatic amines is 1. The third-order valence-corrected chi connectivity index (χ3v) is 3.64. The zero-order valence-electron chi connectivity index (χ0n) is 11.2. The van der Waals surface area contributed by atoms with Gasteiger partial charge in [0, 0.05) is 26.2 Å². The van der Waals surface area contributed by atoms with Crippen LogP contribution in [0, 0.1) is 4.77 Å². The van der Waals surface area contributed by atoms with Crippen LogP contribution in [0.4, 0.5) is 0 Å². The largest absolute Gasteiger partial charge is 0.337 e.